The largest absolute Gasteiger partial charge is 0.387 e. The van der Waals surface area contributed by atoms with E-state index in [1.807, 2.05) is 30.3 Å². The Hall–Kier alpha value is -2.81. The van der Waals surface area contributed by atoms with Crippen LogP contribution in [0.25, 0.3) is 10.8 Å². The van der Waals surface area contributed by atoms with Crippen molar-refractivity contribution >= 4 is 26.5 Å². The second kappa shape index (κ2) is 7.20. The van der Waals surface area contributed by atoms with Gasteiger partial charge in [-0.2, -0.15) is 0 Å². The van der Waals surface area contributed by atoms with Crippen molar-refractivity contribution in [2.75, 3.05) is 6.54 Å². The van der Waals surface area contributed by atoms with Crippen LogP contribution in [0.15, 0.2) is 71.6 Å². The lowest BCUT2D eigenvalue weighted by Crippen LogP contribution is -2.28. The zero-order valence-electron chi connectivity index (χ0n) is 13.6. The number of nitrogens with zero attached hydrogens (tertiary/aromatic N) is 1. The van der Waals surface area contributed by atoms with Crippen LogP contribution in [0.5, 0.6) is 0 Å². The number of aliphatic hydroxyl groups excluding tert-OH is 1. The summed E-state index contributed by atoms with van der Waals surface area (Å²) >= 11 is 0. The molecular weight excluding hydrogens is 356 g/mol. The normalized spacial score (nSPS) is 12.8. The number of hydrogen-bond acceptors (Lipinski definition) is 5. The molecule has 2 N–H and O–H groups in total. The maximum absolute atomic E-state index is 12.3. The lowest BCUT2D eigenvalue weighted by Gasteiger charge is -2.13. The molecule has 0 aromatic heterocycles. The maximum Gasteiger partial charge on any atom is 0.269 e. The van der Waals surface area contributed by atoms with Crippen LogP contribution in [0.3, 0.4) is 0 Å². The van der Waals surface area contributed by atoms with Crippen molar-refractivity contribution in [3.8, 4) is 0 Å². The Morgan fingerprint density at radius 2 is 1.65 bits per heavy atom. The van der Waals surface area contributed by atoms with E-state index in [1.54, 1.807) is 12.1 Å². The molecule has 26 heavy (non-hydrogen) atoms. The van der Waals surface area contributed by atoms with E-state index >= 15 is 0 Å². The summed E-state index contributed by atoms with van der Waals surface area (Å²) in [5.74, 6) is 0. The van der Waals surface area contributed by atoms with E-state index in [0.29, 0.717) is 5.56 Å². The van der Waals surface area contributed by atoms with Crippen LogP contribution in [0, 0.1) is 10.1 Å². The van der Waals surface area contributed by atoms with Crippen LogP contribution in [-0.4, -0.2) is 25.0 Å². The fourth-order valence-electron chi connectivity index (χ4n) is 2.55. The third kappa shape index (κ3) is 3.88. The highest BCUT2D eigenvalue weighted by Gasteiger charge is 2.18. The molecule has 0 aliphatic rings. The molecule has 0 aliphatic carbocycles. The van der Waals surface area contributed by atoms with Crippen LogP contribution in [0.2, 0.25) is 0 Å². The van der Waals surface area contributed by atoms with Crippen molar-refractivity contribution < 1.29 is 18.4 Å². The molecule has 0 saturated heterocycles. The molecule has 1 atom stereocenters. The number of benzene rings is 3. The molecule has 3 rings (SSSR count). The van der Waals surface area contributed by atoms with Crippen molar-refractivity contribution in [3.05, 3.63) is 82.4 Å². The Kier molecular flexibility index (Phi) is 4.99. The molecule has 0 fully saturated rings. The van der Waals surface area contributed by atoms with Gasteiger partial charge in [0.2, 0.25) is 10.0 Å². The Labute approximate surface area is 150 Å². The molecule has 0 aliphatic heterocycles. The van der Waals surface area contributed by atoms with Gasteiger partial charge in [-0.3, -0.25) is 10.1 Å². The van der Waals surface area contributed by atoms with E-state index < -0.39 is 21.1 Å². The topological polar surface area (TPSA) is 110 Å². The number of fused-ring (bicyclic) bond motifs is 1. The van der Waals surface area contributed by atoms with Gasteiger partial charge in [-0.1, -0.05) is 36.4 Å². The van der Waals surface area contributed by atoms with E-state index in [2.05, 4.69) is 4.72 Å². The first-order chi connectivity index (χ1) is 12.4. The summed E-state index contributed by atoms with van der Waals surface area (Å²) in [5.41, 5.74) is 0.398. The molecule has 0 bridgehead atoms. The number of sulfonamides is 1. The van der Waals surface area contributed by atoms with Crippen LogP contribution < -0.4 is 4.72 Å². The number of aliphatic hydroxyl groups is 1. The van der Waals surface area contributed by atoms with Crippen molar-refractivity contribution in [1.29, 1.82) is 0 Å². The highest BCUT2D eigenvalue weighted by atomic mass is 32.2. The Bertz CT molecular complexity index is 1050. The maximum atomic E-state index is 12.3. The van der Waals surface area contributed by atoms with E-state index in [1.165, 1.54) is 0 Å². The summed E-state index contributed by atoms with van der Waals surface area (Å²) < 4.78 is 26.9. The fraction of sp³-hybridized carbons (Fsp3) is 0.111. The highest BCUT2D eigenvalue weighted by Crippen LogP contribution is 2.21. The molecule has 8 heteroatoms. The standard InChI is InChI=1S/C18H16N2O5S/c21-18(15-6-5-13-3-1-2-4-14(13)11-15)12-19-26(24,25)17-9-7-16(8-10-17)20(22)23/h1-11,18-19,21H,12H2/t18-/m1/s1. The number of nitro groups is 1. The van der Waals surface area contributed by atoms with E-state index in [9.17, 15) is 23.6 Å². The first-order valence-electron chi connectivity index (χ1n) is 7.78. The highest BCUT2D eigenvalue weighted by molar-refractivity contribution is 7.89. The Morgan fingerprint density at radius 3 is 2.31 bits per heavy atom. The lowest BCUT2D eigenvalue weighted by atomic mass is 10.0. The van der Waals surface area contributed by atoms with Gasteiger partial charge in [0.05, 0.1) is 15.9 Å². The molecule has 0 radical (unpaired) electrons. The lowest BCUT2D eigenvalue weighted by molar-refractivity contribution is -0.384. The smallest absolute Gasteiger partial charge is 0.269 e. The van der Waals surface area contributed by atoms with Gasteiger partial charge >= 0.3 is 0 Å². The summed E-state index contributed by atoms with van der Waals surface area (Å²) in [5, 5.41) is 22.9. The number of rotatable bonds is 6. The molecule has 0 spiro atoms. The minimum Gasteiger partial charge on any atom is -0.387 e. The van der Waals surface area contributed by atoms with Crippen LogP contribution in [0.1, 0.15) is 11.7 Å². The third-order valence-electron chi connectivity index (χ3n) is 3.98. The molecule has 0 amide bonds. The van der Waals surface area contributed by atoms with E-state index in [4.69, 9.17) is 0 Å². The van der Waals surface area contributed by atoms with Crippen molar-refractivity contribution in [2.45, 2.75) is 11.0 Å². The predicted molar refractivity (Wildman–Crippen MR) is 97.2 cm³/mol. The minimum absolute atomic E-state index is 0.103. The average molecular weight is 372 g/mol. The van der Waals surface area contributed by atoms with Gasteiger partial charge in [0.15, 0.2) is 0 Å². The molecule has 0 saturated carbocycles. The number of hydrogen-bond donors (Lipinski definition) is 2. The van der Waals surface area contributed by atoms with E-state index in [0.717, 1.165) is 35.0 Å². The molecule has 0 heterocycles. The number of nitrogens with one attached hydrogen (secondary N) is 1. The average Bonchev–Trinajstić information content (AvgIpc) is 2.66. The van der Waals surface area contributed by atoms with Crippen molar-refractivity contribution in [3.63, 3.8) is 0 Å². The minimum atomic E-state index is -3.88. The Morgan fingerprint density at radius 1 is 1.00 bits per heavy atom. The quantitative estimate of drug-likeness (QED) is 0.511. The Balaban J connectivity index is 1.72. The summed E-state index contributed by atoms with van der Waals surface area (Å²) in [4.78, 5) is 9.93. The summed E-state index contributed by atoms with van der Waals surface area (Å²) in [6.07, 6.45) is -1.02. The van der Waals surface area contributed by atoms with Gasteiger partial charge in [-0.25, -0.2) is 13.1 Å². The summed E-state index contributed by atoms with van der Waals surface area (Å²) in [7, 11) is -3.88. The zero-order valence-corrected chi connectivity index (χ0v) is 14.4. The molecule has 7 nitrogen and oxygen atoms in total. The third-order valence-corrected chi connectivity index (χ3v) is 5.42. The SMILES string of the molecule is O=[N+]([O-])c1ccc(S(=O)(=O)NC[C@@H](O)c2ccc3ccccc3c2)cc1. The van der Waals surface area contributed by atoms with Crippen molar-refractivity contribution in [1.82, 2.24) is 4.72 Å². The van der Waals surface area contributed by atoms with Crippen LogP contribution in [0.4, 0.5) is 5.69 Å². The summed E-state index contributed by atoms with van der Waals surface area (Å²) in [6, 6.07) is 17.6. The van der Waals surface area contributed by atoms with Gasteiger partial charge < -0.3 is 5.11 Å². The first kappa shape index (κ1) is 18.0. The zero-order chi connectivity index (χ0) is 18.7. The van der Waals surface area contributed by atoms with Gasteiger partial charge in [0.1, 0.15) is 0 Å². The van der Waals surface area contributed by atoms with Gasteiger partial charge in [0, 0.05) is 18.7 Å². The molecular formula is C18H16N2O5S. The molecule has 0 unspecified atom stereocenters. The fourth-order valence-corrected chi connectivity index (χ4v) is 3.59. The summed E-state index contributed by atoms with van der Waals surface area (Å²) in [6.45, 7) is -0.211. The van der Waals surface area contributed by atoms with Crippen LogP contribution in [-0.2, 0) is 10.0 Å². The predicted octanol–water partition coefficient (Wildman–Crippen LogP) is 2.76. The molecule has 3 aromatic carbocycles. The van der Waals surface area contributed by atoms with Gasteiger partial charge in [0.25, 0.3) is 5.69 Å². The van der Waals surface area contributed by atoms with Gasteiger partial charge in [-0.05, 0) is 34.5 Å². The first-order valence-corrected chi connectivity index (χ1v) is 9.26. The molecule has 3 aromatic rings. The number of non-ortho nitro benzene ring substituents is 1. The number of nitro benzene ring substituents is 1. The van der Waals surface area contributed by atoms with Gasteiger partial charge in [-0.15, -0.1) is 0 Å². The van der Waals surface area contributed by atoms with E-state index in [-0.39, 0.29) is 17.1 Å². The second-order valence-corrected chi connectivity index (χ2v) is 7.49. The molecule has 134 valence electrons. The second-order valence-electron chi connectivity index (χ2n) is 5.73. The monoisotopic (exact) mass is 372 g/mol. The van der Waals surface area contributed by atoms with Crippen molar-refractivity contribution in [2.24, 2.45) is 0 Å². The van der Waals surface area contributed by atoms with Crippen LogP contribution >= 0.6 is 0 Å².